The number of likely N-dealkylation sites (tertiary alicyclic amines) is 1. The number of nitrogens with one attached hydrogen (secondary N) is 4. The number of piperidine rings is 2. The number of rotatable bonds is 7. The second-order valence-electron chi connectivity index (χ2n) is 18.3. The second-order valence-corrected chi connectivity index (χ2v) is 18.3. The van der Waals surface area contributed by atoms with Gasteiger partial charge in [0.15, 0.2) is 0 Å². The summed E-state index contributed by atoms with van der Waals surface area (Å²) in [6.07, 6.45) is 7.78. The fourth-order valence-corrected chi connectivity index (χ4v) is 8.33. The zero-order valence-electron chi connectivity index (χ0n) is 31.7. The second kappa shape index (κ2) is 14.8. The van der Waals surface area contributed by atoms with Gasteiger partial charge in [-0.25, -0.2) is 4.79 Å². The molecule has 0 aromatic heterocycles. The number of carbonyl (C=O) groups excluding carboxylic acids is 7. The maximum Gasteiger partial charge on any atom is 0.315 e. The summed E-state index contributed by atoms with van der Waals surface area (Å²) in [4.78, 5) is 97.0. The minimum absolute atomic E-state index is 0.0119. The molecule has 13 heteroatoms. The molecular formula is C38H60N6O7. The zero-order valence-corrected chi connectivity index (χ0v) is 31.7. The summed E-state index contributed by atoms with van der Waals surface area (Å²) in [5.41, 5.74) is -1.12. The van der Waals surface area contributed by atoms with Gasteiger partial charge in [-0.15, -0.1) is 0 Å². The van der Waals surface area contributed by atoms with Gasteiger partial charge in [0.05, 0.1) is 12.1 Å². The lowest BCUT2D eigenvalue weighted by Gasteiger charge is -2.40. The Hall–Kier alpha value is -3.51. The third kappa shape index (κ3) is 9.11. The van der Waals surface area contributed by atoms with E-state index in [-0.39, 0.29) is 60.4 Å². The molecule has 5 fully saturated rings. The number of hydrogen-bond donors (Lipinski definition) is 4. The number of hydrogen-bond acceptors (Lipinski definition) is 7. The van der Waals surface area contributed by atoms with Crippen LogP contribution in [0, 0.1) is 28.1 Å². The van der Waals surface area contributed by atoms with Crippen LogP contribution in [0.3, 0.4) is 0 Å². The van der Waals surface area contributed by atoms with Crippen molar-refractivity contribution < 1.29 is 33.6 Å². The highest BCUT2D eigenvalue weighted by Gasteiger charge is 2.69. The smallest absolute Gasteiger partial charge is 0.315 e. The fraction of sp³-hybridized carbons (Fsp3) is 0.816. The molecule has 0 radical (unpaired) electrons. The van der Waals surface area contributed by atoms with Gasteiger partial charge in [-0.05, 0) is 53.8 Å². The Morgan fingerprint density at radius 1 is 0.843 bits per heavy atom. The van der Waals surface area contributed by atoms with Gasteiger partial charge in [-0.1, -0.05) is 87.0 Å². The average molecular weight is 713 g/mol. The Morgan fingerprint density at radius 2 is 1.43 bits per heavy atom. The number of fused-ring (bicyclic) bond motifs is 3. The maximum absolute atomic E-state index is 14.4. The highest BCUT2D eigenvalue weighted by molar-refractivity contribution is 6.38. The van der Waals surface area contributed by atoms with Gasteiger partial charge < -0.3 is 26.2 Å². The van der Waals surface area contributed by atoms with E-state index in [1.54, 1.807) is 4.90 Å². The van der Waals surface area contributed by atoms with Gasteiger partial charge in [-0.2, -0.15) is 0 Å². The Bertz CT molecular complexity index is 1400. The molecule has 6 atom stereocenters. The van der Waals surface area contributed by atoms with E-state index in [1.807, 2.05) is 34.6 Å². The van der Waals surface area contributed by atoms with E-state index in [4.69, 9.17) is 0 Å². The van der Waals surface area contributed by atoms with E-state index >= 15 is 0 Å². The summed E-state index contributed by atoms with van der Waals surface area (Å²) >= 11 is 0. The predicted octanol–water partition coefficient (Wildman–Crippen LogP) is 3.19. The molecule has 284 valence electrons. The minimum atomic E-state index is -0.974. The normalized spacial score (nSPS) is 30.5. The maximum atomic E-state index is 14.4. The first-order valence-electron chi connectivity index (χ1n) is 19.2. The molecule has 3 heterocycles. The van der Waals surface area contributed by atoms with Crippen molar-refractivity contribution in [2.75, 3.05) is 13.1 Å². The summed E-state index contributed by atoms with van der Waals surface area (Å²) < 4.78 is 0. The van der Waals surface area contributed by atoms with Crippen molar-refractivity contribution in [3.05, 3.63) is 0 Å². The highest BCUT2D eigenvalue weighted by atomic mass is 16.2. The molecule has 3 saturated heterocycles. The number of imide groups is 1. The molecule has 7 amide bonds. The molecule has 0 bridgehead atoms. The van der Waals surface area contributed by atoms with Crippen LogP contribution in [-0.2, 0) is 28.8 Å². The molecule has 4 N–H and O–H groups in total. The molecule has 51 heavy (non-hydrogen) atoms. The molecule has 3 aliphatic heterocycles. The van der Waals surface area contributed by atoms with Crippen molar-refractivity contribution in [2.45, 2.75) is 156 Å². The average Bonchev–Trinajstić information content (AvgIpc) is 3.87. The molecule has 2 aliphatic carbocycles. The van der Waals surface area contributed by atoms with Crippen LogP contribution in [0.15, 0.2) is 0 Å². The summed E-state index contributed by atoms with van der Waals surface area (Å²) in [5, 5.41) is 11.5. The summed E-state index contributed by atoms with van der Waals surface area (Å²) in [6, 6.07) is -3.88. The molecule has 5 aliphatic rings. The van der Waals surface area contributed by atoms with Gasteiger partial charge >= 0.3 is 6.03 Å². The van der Waals surface area contributed by atoms with Crippen LogP contribution >= 0.6 is 0 Å². The SMILES string of the molecule is CC1(C)CC(=O)N(C[C@@H](NC(=O)N[C@H]2CCCCCCCC[C@@H](C(=O)C(=O)NC3CC3)NC(=O)[C@@H]3[C@@H]4[C@H](CN3C2=O)C4(C)C)C(C)(C)C)C(=O)C1. The quantitative estimate of drug-likeness (QED) is 0.232. The van der Waals surface area contributed by atoms with E-state index in [0.717, 1.165) is 38.5 Å². The third-order valence-electron chi connectivity index (χ3n) is 11.9. The van der Waals surface area contributed by atoms with Crippen molar-refractivity contribution in [3.63, 3.8) is 0 Å². The van der Waals surface area contributed by atoms with Crippen molar-refractivity contribution in [3.8, 4) is 0 Å². The number of nitrogens with zero attached hydrogens (tertiary/aromatic N) is 2. The van der Waals surface area contributed by atoms with Crippen LogP contribution in [0.2, 0.25) is 0 Å². The van der Waals surface area contributed by atoms with Gasteiger partial charge in [0.25, 0.3) is 5.91 Å². The van der Waals surface area contributed by atoms with E-state index in [2.05, 4.69) is 35.1 Å². The Kier molecular flexibility index (Phi) is 11.3. The van der Waals surface area contributed by atoms with Crippen LogP contribution in [0.4, 0.5) is 4.79 Å². The Morgan fingerprint density at radius 3 is 2.02 bits per heavy atom. The Labute approximate surface area is 302 Å². The van der Waals surface area contributed by atoms with E-state index in [0.29, 0.717) is 32.2 Å². The first kappa shape index (κ1) is 38.7. The van der Waals surface area contributed by atoms with Gasteiger partial charge in [0.1, 0.15) is 12.1 Å². The van der Waals surface area contributed by atoms with Crippen LogP contribution in [0.1, 0.15) is 126 Å². The lowest BCUT2D eigenvalue weighted by atomic mass is 9.80. The van der Waals surface area contributed by atoms with Crippen LogP contribution in [0.5, 0.6) is 0 Å². The first-order chi connectivity index (χ1) is 23.8. The number of urea groups is 1. The van der Waals surface area contributed by atoms with Crippen LogP contribution in [-0.4, -0.2) is 94.4 Å². The van der Waals surface area contributed by atoms with Crippen LogP contribution < -0.4 is 21.3 Å². The molecule has 0 aromatic rings. The minimum Gasteiger partial charge on any atom is -0.347 e. The highest BCUT2D eigenvalue weighted by Crippen LogP contribution is 2.65. The van der Waals surface area contributed by atoms with E-state index in [9.17, 15) is 33.6 Å². The van der Waals surface area contributed by atoms with Gasteiger partial charge in [0.2, 0.25) is 29.4 Å². The third-order valence-corrected chi connectivity index (χ3v) is 11.9. The van der Waals surface area contributed by atoms with Crippen molar-refractivity contribution in [1.82, 2.24) is 31.1 Å². The van der Waals surface area contributed by atoms with Crippen molar-refractivity contribution in [1.29, 1.82) is 0 Å². The van der Waals surface area contributed by atoms with Crippen molar-refractivity contribution in [2.24, 2.45) is 28.1 Å². The predicted molar refractivity (Wildman–Crippen MR) is 190 cm³/mol. The number of ketones is 1. The van der Waals surface area contributed by atoms with Gasteiger partial charge in [0, 0.05) is 32.0 Å². The standard InChI is InChI=1S/C38H60N6O7/c1-36(2,3)26(21-43-27(45)18-37(4,5)19-28(43)46)42-35(51)41-25-15-13-11-9-8-10-12-14-24(31(47)33(49)39-22-16-17-22)40-32(48)30-29-23(38(29,6)7)20-44(30)34(25)50/h22-26,29-30H,8-21H2,1-7H3,(H,39,49)(H,40,48)(H2,41,42,51)/t23-,24-,25-,26+,29-,30-/m0/s1. The van der Waals surface area contributed by atoms with Gasteiger partial charge in [-0.3, -0.25) is 33.7 Å². The molecule has 2 saturated carbocycles. The molecular weight excluding hydrogens is 652 g/mol. The van der Waals surface area contributed by atoms with Crippen molar-refractivity contribution >= 4 is 41.4 Å². The monoisotopic (exact) mass is 712 g/mol. The number of carbonyl (C=O) groups is 7. The first-order valence-corrected chi connectivity index (χ1v) is 19.2. The lowest BCUT2D eigenvalue weighted by Crippen LogP contribution is -2.61. The fourth-order valence-electron chi connectivity index (χ4n) is 8.33. The topological polar surface area (TPSA) is 174 Å². The number of amides is 7. The zero-order chi connectivity index (χ0) is 37.5. The summed E-state index contributed by atoms with van der Waals surface area (Å²) in [7, 11) is 0. The largest absolute Gasteiger partial charge is 0.347 e. The van der Waals surface area contributed by atoms with E-state index in [1.165, 1.54) is 4.90 Å². The summed E-state index contributed by atoms with van der Waals surface area (Å²) in [6.45, 7) is 14.1. The molecule has 13 nitrogen and oxygen atoms in total. The molecule has 0 aromatic carbocycles. The Balaban J connectivity index is 1.33. The molecule has 0 spiro atoms. The molecule has 5 rings (SSSR count). The van der Waals surface area contributed by atoms with E-state index < -0.39 is 58.6 Å². The summed E-state index contributed by atoms with van der Waals surface area (Å²) in [5.74, 6) is -2.67. The lowest BCUT2D eigenvalue weighted by molar-refractivity contribution is -0.153. The molecule has 0 unspecified atom stereocenters. The van der Waals surface area contributed by atoms with Crippen LogP contribution in [0.25, 0.3) is 0 Å². The number of Topliss-reactive ketones (excluding diaryl/α,β-unsaturated/α-hetero) is 1.